The van der Waals surface area contributed by atoms with Gasteiger partial charge < -0.3 is 10.2 Å². The highest BCUT2D eigenvalue weighted by Crippen LogP contribution is 2.13. The summed E-state index contributed by atoms with van der Waals surface area (Å²) < 4.78 is 0. The number of rotatable bonds is 7. The minimum Gasteiger partial charge on any atom is -0.374 e. The number of nitrogens with one attached hydrogen (secondary N) is 1. The van der Waals surface area contributed by atoms with Gasteiger partial charge in [0.2, 0.25) is 0 Å². The maximum absolute atomic E-state index is 8.66. The number of thiocarbonyl (C=S) groups is 1. The Bertz CT molecular complexity index is 765. The molecule has 0 aliphatic heterocycles. The van der Waals surface area contributed by atoms with E-state index in [9.17, 15) is 0 Å². The molecule has 134 valence electrons. The number of nitriles is 1. The minimum atomic E-state index is 0.512. The Labute approximate surface area is 160 Å². The lowest BCUT2D eigenvalue weighted by molar-refractivity contribution is 0.532. The molecule has 0 aromatic heterocycles. The average molecular weight is 366 g/mol. The first-order chi connectivity index (χ1) is 12.6. The van der Waals surface area contributed by atoms with E-state index in [1.54, 1.807) is 11.2 Å². The van der Waals surface area contributed by atoms with Crippen LogP contribution in [0.2, 0.25) is 0 Å². The van der Waals surface area contributed by atoms with E-state index < -0.39 is 0 Å². The molecular formula is C20H23N5S. The molecule has 5 nitrogen and oxygen atoms in total. The molecule has 2 aromatic rings. The summed E-state index contributed by atoms with van der Waals surface area (Å²) in [5.74, 6) is 0. The normalized spacial score (nSPS) is 10.3. The maximum Gasteiger partial charge on any atom is 0.189 e. The molecule has 0 amide bonds. The number of hydrazone groups is 1. The third-order valence-corrected chi connectivity index (χ3v) is 4.26. The fourth-order valence-corrected chi connectivity index (χ4v) is 2.37. The standard InChI is InChI=1S/C20H23N5S/c1-24(14-6-13-21)19-11-9-18(10-12-19)16-23-25(2)20(26)22-15-17-7-4-3-5-8-17/h3-5,7-12,16H,6,14-15H2,1-2H3,(H,22,26)/b23-16-. The zero-order valence-corrected chi connectivity index (χ0v) is 15.9. The van der Waals surface area contributed by atoms with E-state index >= 15 is 0 Å². The van der Waals surface area contributed by atoms with Crippen LogP contribution in [0.5, 0.6) is 0 Å². The molecular weight excluding hydrogens is 342 g/mol. The molecule has 0 aliphatic carbocycles. The van der Waals surface area contributed by atoms with Gasteiger partial charge in [-0.25, -0.2) is 5.01 Å². The number of nitrogens with zero attached hydrogens (tertiary/aromatic N) is 4. The maximum atomic E-state index is 8.66. The number of anilines is 1. The highest BCUT2D eigenvalue weighted by molar-refractivity contribution is 7.80. The summed E-state index contributed by atoms with van der Waals surface area (Å²) in [4.78, 5) is 2.05. The third-order valence-electron chi connectivity index (χ3n) is 3.85. The second kappa shape index (κ2) is 10.2. The molecule has 0 spiro atoms. The van der Waals surface area contributed by atoms with Gasteiger partial charge in [-0.15, -0.1) is 0 Å². The molecule has 0 aliphatic rings. The van der Waals surface area contributed by atoms with Crippen molar-refractivity contribution in [1.82, 2.24) is 10.3 Å². The summed E-state index contributed by atoms with van der Waals surface area (Å²) in [7, 11) is 3.80. The SMILES string of the molecule is CN(/N=C\c1ccc(N(C)CCC#N)cc1)C(=S)NCc1ccccc1. The first-order valence-electron chi connectivity index (χ1n) is 8.38. The van der Waals surface area contributed by atoms with Crippen LogP contribution in [0.3, 0.4) is 0 Å². The van der Waals surface area contributed by atoms with Gasteiger partial charge in [-0.3, -0.25) is 0 Å². The monoisotopic (exact) mass is 365 g/mol. The number of hydrogen-bond donors (Lipinski definition) is 1. The lowest BCUT2D eigenvalue weighted by Crippen LogP contribution is -2.33. The quantitative estimate of drug-likeness (QED) is 0.463. The second-order valence-corrected chi connectivity index (χ2v) is 6.22. The molecule has 0 fully saturated rings. The van der Waals surface area contributed by atoms with E-state index in [0.29, 0.717) is 24.6 Å². The topological polar surface area (TPSA) is 54.7 Å². The molecule has 6 heteroatoms. The van der Waals surface area contributed by atoms with Crippen molar-refractivity contribution in [2.24, 2.45) is 5.10 Å². The Morgan fingerprint density at radius 1 is 1.15 bits per heavy atom. The van der Waals surface area contributed by atoms with E-state index in [1.807, 2.05) is 68.7 Å². The Hall–Kier alpha value is -2.91. The van der Waals surface area contributed by atoms with Crippen LogP contribution in [-0.2, 0) is 6.54 Å². The predicted molar refractivity (Wildman–Crippen MR) is 111 cm³/mol. The first kappa shape index (κ1) is 19.4. The first-order valence-corrected chi connectivity index (χ1v) is 8.78. The Morgan fingerprint density at radius 2 is 1.85 bits per heavy atom. The molecule has 26 heavy (non-hydrogen) atoms. The summed E-state index contributed by atoms with van der Waals surface area (Å²) in [5.41, 5.74) is 3.23. The fourth-order valence-electron chi connectivity index (χ4n) is 2.26. The van der Waals surface area contributed by atoms with Crippen molar-refractivity contribution in [2.75, 3.05) is 25.5 Å². The minimum absolute atomic E-state index is 0.512. The van der Waals surface area contributed by atoms with Crippen molar-refractivity contribution in [2.45, 2.75) is 13.0 Å². The molecule has 0 radical (unpaired) electrons. The third kappa shape index (κ3) is 6.19. The summed E-state index contributed by atoms with van der Waals surface area (Å²) >= 11 is 5.35. The van der Waals surface area contributed by atoms with Crippen molar-refractivity contribution < 1.29 is 0 Å². The van der Waals surface area contributed by atoms with Crippen molar-refractivity contribution in [1.29, 1.82) is 5.26 Å². The van der Waals surface area contributed by atoms with Crippen molar-refractivity contribution in [3.8, 4) is 6.07 Å². The van der Waals surface area contributed by atoms with Crippen LogP contribution in [0.1, 0.15) is 17.5 Å². The van der Waals surface area contributed by atoms with Crippen molar-refractivity contribution >= 4 is 29.2 Å². The summed E-state index contributed by atoms with van der Waals surface area (Å²) in [6.45, 7) is 1.39. The van der Waals surface area contributed by atoms with Crippen LogP contribution >= 0.6 is 12.2 Å². The highest BCUT2D eigenvalue weighted by atomic mass is 32.1. The van der Waals surface area contributed by atoms with Crippen LogP contribution in [-0.4, -0.2) is 37.0 Å². The predicted octanol–water partition coefficient (Wildman–Crippen LogP) is 3.38. The van der Waals surface area contributed by atoms with Gasteiger partial charge in [0, 0.05) is 32.9 Å². The molecule has 0 bridgehead atoms. The number of benzene rings is 2. The molecule has 0 heterocycles. The Balaban J connectivity index is 1.85. The fraction of sp³-hybridized carbons (Fsp3) is 0.250. The molecule has 2 rings (SSSR count). The van der Waals surface area contributed by atoms with Gasteiger partial charge in [-0.05, 0) is 35.5 Å². The molecule has 0 atom stereocenters. The van der Waals surface area contributed by atoms with Gasteiger partial charge in [0.15, 0.2) is 5.11 Å². The molecule has 2 aromatic carbocycles. The lowest BCUT2D eigenvalue weighted by atomic mass is 10.2. The summed E-state index contributed by atoms with van der Waals surface area (Å²) in [6.07, 6.45) is 2.29. The van der Waals surface area contributed by atoms with Gasteiger partial charge in [0.1, 0.15) is 0 Å². The van der Waals surface area contributed by atoms with Crippen molar-refractivity contribution in [3.05, 3.63) is 65.7 Å². The van der Waals surface area contributed by atoms with E-state index in [4.69, 9.17) is 17.5 Å². The van der Waals surface area contributed by atoms with Crippen LogP contribution in [0.15, 0.2) is 59.7 Å². The van der Waals surface area contributed by atoms with Gasteiger partial charge in [0.25, 0.3) is 0 Å². The lowest BCUT2D eigenvalue weighted by Gasteiger charge is -2.18. The van der Waals surface area contributed by atoms with Crippen LogP contribution in [0.25, 0.3) is 0 Å². The zero-order valence-electron chi connectivity index (χ0n) is 15.1. The van der Waals surface area contributed by atoms with Gasteiger partial charge >= 0.3 is 0 Å². The van der Waals surface area contributed by atoms with Gasteiger partial charge in [-0.2, -0.15) is 10.4 Å². The molecule has 0 unspecified atom stereocenters. The average Bonchev–Trinajstić information content (AvgIpc) is 2.69. The van der Waals surface area contributed by atoms with Gasteiger partial charge in [-0.1, -0.05) is 42.5 Å². The largest absolute Gasteiger partial charge is 0.374 e. The molecule has 0 saturated heterocycles. The summed E-state index contributed by atoms with van der Waals surface area (Å²) in [6, 6.07) is 20.3. The highest BCUT2D eigenvalue weighted by Gasteiger charge is 2.02. The van der Waals surface area contributed by atoms with E-state index in [2.05, 4.69) is 21.4 Å². The Kier molecular flexibility index (Phi) is 7.59. The van der Waals surface area contributed by atoms with Crippen molar-refractivity contribution in [3.63, 3.8) is 0 Å². The van der Waals surface area contributed by atoms with E-state index in [0.717, 1.165) is 11.3 Å². The summed E-state index contributed by atoms with van der Waals surface area (Å²) in [5, 5.41) is 18.4. The van der Waals surface area contributed by atoms with Gasteiger partial charge in [0.05, 0.1) is 18.7 Å². The second-order valence-electron chi connectivity index (χ2n) is 5.83. The molecule has 1 N–H and O–H groups in total. The smallest absolute Gasteiger partial charge is 0.189 e. The van der Waals surface area contributed by atoms with E-state index in [1.165, 1.54) is 5.56 Å². The van der Waals surface area contributed by atoms with Crippen LogP contribution < -0.4 is 10.2 Å². The van der Waals surface area contributed by atoms with Crippen LogP contribution in [0, 0.1) is 11.3 Å². The van der Waals surface area contributed by atoms with E-state index in [-0.39, 0.29) is 0 Å². The number of hydrogen-bond acceptors (Lipinski definition) is 4. The zero-order chi connectivity index (χ0) is 18.8. The van der Waals surface area contributed by atoms with Crippen LogP contribution in [0.4, 0.5) is 5.69 Å². The Morgan fingerprint density at radius 3 is 2.50 bits per heavy atom. The molecule has 0 saturated carbocycles.